The molecule has 7 heteroatoms. The fourth-order valence-corrected chi connectivity index (χ4v) is 5.50. The lowest BCUT2D eigenvalue weighted by atomic mass is 9.90. The SMILES string of the molecule is CCC=CC1(CO[Si](C)C)NC(Cl)=C(C(C)(C)C)N1Cc1ccc(-c2ccccc2C(=O)OC)cc1. The number of carbonyl (C=O) groups is 1. The van der Waals surface area contributed by atoms with Crippen molar-refractivity contribution >= 4 is 26.6 Å². The molecule has 1 aliphatic heterocycles. The maximum atomic E-state index is 12.3. The van der Waals surface area contributed by atoms with Crippen molar-refractivity contribution in [3.8, 4) is 11.1 Å². The molecule has 5 nitrogen and oxygen atoms in total. The van der Waals surface area contributed by atoms with E-state index in [0.717, 1.165) is 28.8 Å². The molecular formula is C29H38ClN2O3Si. The Morgan fingerprint density at radius 2 is 1.81 bits per heavy atom. The number of esters is 1. The molecule has 0 aromatic heterocycles. The highest BCUT2D eigenvalue weighted by molar-refractivity contribution is 6.48. The van der Waals surface area contributed by atoms with E-state index in [1.165, 1.54) is 7.11 Å². The molecule has 0 bridgehead atoms. The number of carbonyl (C=O) groups excluding carboxylic acids is 1. The summed E-state index contributed by atoms with van der Waals surface area (Å²) in [4.78, 5) is 14.6. The second-order valence-electron chi connectivity index (χ2n) is 10.3. The van der Waals surface area contributed by atoms with Crippen LogP contribution in [0.25, 0.3) is 11.1 Å². The number of allylic oxidation sites excluding steroid dienone is 2. The molecule has 1 N–H and O–H groups in total. The number of ether oxygens (including phenoxy) is 1. The molecule has 0 amide bonds. The van der Waals surface area contributed by atoms with Gasteiger partial charge in [-0.3, -0.25) is 0 Å². The van der Waals surface area contributed by atoms with Crippen molar-refractivity contribution in [1.82, 2.24) is 10.2 Å². The molecule has 36 heavy (non-hydrogen) atoms. The van der Waals surface area contributed by atoms with Gasteiger partial charge in [-0.25, -0.2) is 4.79 Å². The van der Waals surface area contributed by atoms with Crippen LogP contribution in [0.15, 0.2) is 71.5 Å². The molecule has 0 saturated carbocycles. The van der Waals surface area contributed by atoms with Gasteiger partial charge in [0.25, 0.3) is 0 Å². The second-order valence-corrected chi connectivity index (χ2v) is 12.8. The van der Waals surface area contributed by atoms with E-state index in [4.69, 9.17) is 20.8 Å². The van der Waals surface area contributed by atoms with E-state index in [1.54, 1.807) is 6.07 Å². The number of halogens is 1. The minimum absolute atomic E-state index is 0.169. The highest BCUT2D eigenvalue weighted by Gasteiger charge is 2.46. The highest BCUT2D eigenvalue weighted by atomic mass is 35.5. The molecule has 1 heterocycles. The van der Waals surface area contributed by atoms with Gasteiger partial charge in [-0.2, -0.15) is 0 Å². The zero-order chi connectivity index (χ0) is 26.5. The standard InChI is InChI=1S/C29H38ClN2O3Si/c1-8-9-18-29(20-35-36(6)7)31-26(30)25(28(2,3)4)32(29)19-21-14-16-22(17-15-21)23-12-10-11-13-24(23)27(33)34-5/h9-18,31H,8,19-20H2,1-7H3. The van der Waals surface area contributed by atoms with Crippen LogP contribution < -0.4 is 5.32 Å². The average Bonchev–Trinajstić information content (AvgIpc) is 3.12. The fraction of sp³-hybridized carbons (Fsp3) is 0.414. The summed E-state index contributed by atoms with van der Waals surface area (Å²) in [7, 11) is 0.507. The van der Waals surface area contributed by atoms with Crippen molar-refractivity contribution in [3.63, 3.8) is 0 Å². The van der Waals surface area contributed by atoms with Gasteiger partial charge in [0.05, 0.1) is 25.0 Å². The lowest BCUT2D eigenvalue weighted by molar-refractivity contribution is 0.0601. The number of nitrogens with one attached hydrogen (secondary N) is 1. The zero-order valence-electron chi connectivity index (χ0n) is 22.4. The summed E-state index contributed by atoms with van der Waals surface area (Å²) >= 11 is 6.87. The fourth-order valence-electron chi connectivity index (χ4n) is 4.44. The monoisotopic (exact) mass is 525 g/mol. The number of methoxy groups -OCH3 is 1. The average molecular weight is 526 g/mol. The minimum Gasteiger partial charge on any atom is -0.465 e. The van der Waals surface area contributed by atoms with Crippen molar-refractivity contribution in [1.29, 1.82) is 0 Å². The molecule has 2 aromatic carbocycles. The van der Waals surface area contributed by atoms with Gasteiger partial charge in [-0.15, -0.1) is 0 Å². The van der Waals surface area contributed by atoms with E-state index < -0.39 is 14.7 Å². The maximum absolute atomic E-state index is 12.3. The summed E-state index contributed by atoms with van der Waals surface area (Å²) in [6, 6.07) is 15.8. The van der Waals surface area contributed by atoms with Gasteiger partial charge >= 0.3 is 5.97 Å². The van der Waals surface area contributed by atoms with Crippen LogP contribution in [-0.4, -0.2) is 39.3 Å². The van der Waals surface area contributed by atoms with Crippen LogP contribution in [0.4, 0.5) is 0 Å². The van der Waals surface area contributed by atoms with Crippen molar-refractivity contribution in [3.05, 3.63) is 82.7 Å². The first-order valence-electron chi connectivity index (χ1n) is 12.4. The Balaban J connectivity index is 2.00. The van der Waals surface area contributed by atoms with Crippen LogP contribution in [0.2, 0.25) is 13.1 Å². The largest absolute Gasteiger partial charge is 0.465 e. The Hall–Kier alpha value is -2.54. The molecule has 1 radical (unpaired) electrons. The van der Waals surface area contributed by atoms with E-state index in [2.05, 4.69) is 87.4 Å². The van der Waals surface area contributed by atoms with Crippen LogP contribution in [0.3, 0.4) is 0 Å². The van der Waals surface area contributed by atoms with Crippen molar-refractivity contribution in [2.24, 2.45) is 5.41 Å². The van der Waals surface area contributed by atoms with Gasteiger partial charge < -0.3 is 19.4 Å². The number of benzene rings is 2. The van der Waals surface area contributed by atoms with E-state index in [1.807, 2.05) is 18.2 Å². The van der Waals surface area contributed by atoms with Crippen molar-refractivity contribution in [2.75, 3.05) is 13.7 Å². The molecule has 3 rings (SSSR count). The smallest absolute Gasteiger partial charge is 0.338 e. The topological polar surface area (TPSA) is 50.8 Å². The first kappa shape index (κ1) is 28.0. The molecule has 1 atom stereocenters. The molecule has 1 aliphatic rings. The first-order chi connectivity index (χ1) is 17.0. The maximum Gasteiger partial charge on any atom is 0.338 e. The van der Waals surface area contributed by atoms with Gasteiger partial charge in [0.1, 0.15) is 5.16 Å². The van der Waals surface area contributed by atoms with Gasteiger partial charge in [0.2, 0.25) is 9.04 Å². The molecule has 0 aliphatic carbocycles. The zero-order valence-corrected chi connectivity index (χ0v) is 24.2. The molecule has 0 fully saturated rings. The third-order valence-electron chi connectivity index (χ3n) is 6.14. The van der Waals surface area contributed by atoms with Crippen molar-refractivity contribution < 1.29 is 14.0 Å². The second kappa shape index (κ2) is 11.7. The normalized spacial score (nSPS) is 18.3. The molecule has 0 saturated heterocycles. The number of hydrogen-bond acceptors (Lipinski definition) is 5. The third kappa shape index (κ3) is 6.23. The molecule has 0 spiro atoms. The van der Waals surface area contributed by atoms with E-state index >= 15 is 0 Å². The van der Waals surface area contributed by atoms with Gasteiger partial charge in [0.15, 0.2) is 5.66 Å². The van der Waals surface area contributed by atoms with Crippen molar-refractivity contribution in [2.45, 2.75) is 59.4 Å². The lowest BCUT2D eigenvalue weighted by Gasteiger charge is -2.42. The summed E-state index contributed by atoms with van der Waals surface area (Å²) in [5, 5.41) is 4.24. The van der Waals surface area contributed by atoms with E-state index in [-0.39, 0.29) is 11.4 Å². The predicted molar refractivity (Wildman–Crippen MR) is 150 cm³/mol. The number of rotatable bonds is 9. The molecule has 193 valence electrons. The van der Waals surface area contributed by atoms with Crippen LogP contribution in [0.5, 0.6) is 0 Å². The summed E-state index contributed by atoms with van der Waals surface area (Å²) in [6.07, 6.45) is 5.29. The minimum atomic E-state index is -0.898. The summed E-state index contributed by atoms with van der Waals surface area (Å²) in [5.74, 6) is -0.340. The summed E-state index contributed by atoms with van der Waals surface area (Å²) in [6.45, 7) is 14.1. The Labute approximate surface area is 222 Å². The molecule has 1 unspecified atom stereocenters. The van der Waals surface area contributed by atoms with Crippen LogP contribution in [-0.2, 0) is 15.7 Å². The third-order valence-corrected chi connectivity index (χ3v) is 7.14. The van der Waals surface area contributed by atoms with Gasteiger partial charge in [-0.1, -0.05) is 87.8 Å². The van der Waals surface area contributed by atoms with Crippen LogP contribution >= 0.6 is 11.6 Å². The molecular weight excluding hydrogens is 488 g/mol. The summed E-state index contributed by atoms with van der Waals surface area (Å²) in [5.41, 5.74) is 3.84. The Morgan fingerprint density at radius 3 is 2.39 bits per heavy atom. The Bertz CT molecular complexity index is 1120. The summed E-state index contributed by atoms with van der Waals surface area (Å²) < 4.78 is 11.2. The predicted octanol–water partition coefficient (Wildman–Crippen LogP) is 6.93. The number of hydrogen-bond donors (Lipinski definition) is 1. The van der Waals surface area contributed by atoms with E-state index in [9.17, 15) is 4.79 Å². The van der Waals surface area contributed by atoms with Gasteiger partial charge in [0, 0.05) is 12.0 Å². The van der Waals surface area contributed by atoms with Gasteiger partial charge in [-0.05, 0) is 48.3 Å². The lowest BCUT2D eigenvalue weighted by Crippen LogP contribution is -2.55. The Kier molecular flexibility index (Phi) is 9.09. The van der Waals surface area contributed by atoms with Crippen LogP contribution in [0, 0.1) is 5.41 Å². The van der Waals surface area contributed by atoms with E-state index in [0.29, 0.717) is 23.9 Å². The quantitative estimate of drug-likeness (QED) is 0.166. The first-order valence-corrected chi connectivity index (χ1v) is 15.1. The highest BCUT2D eigenvalue weighted by Crippen LogP contribution is 2.43. The molecule has 2 aromatic rings. The Morgan fingerprint density at radius 1 is 1.14 bits per heavy atom. The van der Waals surface area contributed by atoms with Crippen LogP contribution in [0.1, 0.15) is 50.0 Å². The number of nitrogens with zero attached hydrogens (tertiary/aromatic N) is 1.